The first-order valence-electron chi connectivity index (χ1n) is 14.2. The van der Waals surface area contributed by atoms with Crippen LogP contribution < -0.4 is 30.2 Å². The zero-order chi connectivity index (χ0) is 30.2. The Kier molecular flexibility index (Phi) is 9.73. The second-order valence-corrected chi connectivity index (χ2v) is 10.6. The molecule has 2 heterocycles. The molecular weight excluding hydrogens is 555 g/mol. The molecule has 2 aliphatic rings. The Hall–Kier alpha value is -4.64. The molecule has 3 aromatic rings. The molecule has 4 bridgehead atoms. The molecule has 0 aliphatic carbocycles. The van der Waals surface area contributed by atoms with Gasteiger partial charge in [-0.2, -0.15) is 0 Å². The van der Waals surface area contributed by atoms with Crippen LogP contribution in [0.2, 0.25) is 0 Å². The van der Waals surface area contributed by atoms with Gasteiger partial charge in [-0.15, -0.1) is 0 Å². The molecule has 3 N–H and O–H groups in total. The van der Waals surface area contributed by atoms with Gasteiger partial charge in [0.2, 0.25) is 11.8 Å². The fraction of sp³-hybridized carbons (Fsp3) is 0.344. The highest BCUT2D eigenvalue weighted by atomic mass is 19.1. The topological polar surface area (TPSA) is 118 Å². The Morgan fingerprint density at radius 2 is 1.88 bits per heavy atom. The average molecular weight is 591 g/mol. The molecule has 3 amide bonds. The smallest absolute Gasteiger partial charge is 0.258 e. The molecular formula is C32H35FN4O6. The maximum absolute atomic E-state index is 14.5. The van der Waals surface area contributed by atoms with Crippen molar-refractivity contribution in [1.29, 1.82) is 0 Å². The predicted molar refractivity (Wildman–Crippen MR) is 158 cm³/mol. The van der Waals surface area contributed by atoms with Gasteiger partial charge in [-0.3, -0.25) is 19.3 Å². The van der Waals surface area contributed by atoms with E-state index in [1.54, 1.807) is 18.2 Å². The maximum Gasteiger partial charge on any atom is 0.258 e. The number of nitrogens with one attached hydrogen (secondary N) is 3. The number of ether oxygens (including phenoxy) is 3. The van der Waals surface area contributed by atoms with Gasteiger partial charge in [-0.25, -0.2) is 4.39 Å². The van der Waals surface area contributed by atoms with E-state index in [0.717, 1.165) is 5.56 Å². The van der Waals surface area contributed by atoms with Crippen LogP contribution in [0.15, 0.2) is 66.7 Å². The van der Waals surface area contributed by atoms with Crippen LogP contribution in [0.25, 0.3) is 0 Å². The van der Waals surface area contributed by atoms with Gasteiger partial charge >= 0.3 is 0 Å². The first kappa shape index (κ1) is 29.8. The molecule has 3 aromatic carbocycles. The fourth-order valence-electron chi connectivity index (χ4n) is 5.24. The summed E-state index contributed by atoms with van der Waals surface area (Å²) < 4.78 is 32.0. The number of hydrogen-bond donors (Lipinski definition) is 3. The average Bonchev–Trinajstić information content (AvgIpc) is 2.99. The van der Waals surface area contributed by atoms with Crippen LogP contribution in [0.1, 0.15) is 24.0 Å². The van der Waals surface area contributed by atoms with Crippen molar-refractivity contribution in [2.75, 3.05) is 38.7 Å². The molecule has 2 atom stereocenters. The molecule has 43 heavy (non-hydrogen) atoms. The Morgan fingerprint density at radius 1 is 1.05 bits per heavy atom. The Balaban J connectivity index is 1.35. The van der Waals surface area contributed by atoms with Crippen LogP contribution in [0.3, 0.4) is 0 Å². The van der Waals surface area contributed by atoms with E-state index in [9.17, 15) is 18.8 Å². The lowest BCUT2D eigenvalue weighted by Gasteiger charge is -2.38. The third kappa shape index (κ3) is 8.45. The highest BCUT2D eigenvalue weighted by molar-refractivity contribution is 5.92. The number of para-hydroxylation sites is 1. The summed E-state index contributed by atoms with van der Waals surface area (Å²) >= 11 is 0. The number of carbonyl (C=O) groups is 3. The number of halogens is 1. The number of likely N-dealkylation sites (tertiary alicyclic amines) is 1. The number of piperidine rings is 1. The highest BCUT2D eigenvalue weighted by Gasteiger charge is 2.33. The van der Waals surface area contributed by atoms with Crippen LogP contribution >= 0.6 is 0 Å². The lowest BCUT2D eigenvalue weighted by Crippen LogP contribution is -2.58. The monoisotopic (exact) mass is 590 g/mol. The standard InChI is InChI=1S/C32H35FN4O6/c1-41-28-9-7-21-8-10-30(38)34-17-22-13-23(33)16-25(14-22)43-27-11-12-37(19-31(39)35-24-5-3-2-4-6-24)18-26(27)36-32(40)20-42-29(28)15-21/h2-7,9,13-16,26-27H,8,10-12,17-20H2,1H3,(H,34,38)(H,35,39)(H,36,40)/t26-,27-/m1/s1. The molecule has 0 unspecified atom stereocenters. The quantitative estimate of drug-likeness (QED) is 0.428. The van der Waals surface area contributed by atoms with E-state index in [-0.39, 0.29) is 43.8 Å². The van der Waals surface area contributed by atoms with Crippen molar-refractivity contribution in [1.82, 2.24) is 15.5 Å². The third-order valence-electron chi connectivity index (χ3n) is 7.34. The summed E-state index contributed by atoms with van der Waals surface area (Å²) in [7, 11) is 1.51. The molecule has 10 nitrogen and oxygen atoms in total. The summed E-state index contributed by atoms with van der Waals surface area (Å²) in [6, 6.07) is 18.3. The van der Waals surface area contributed by atoms with Crippen LogP contribution in [0.5, 0.6) is 17.2 Å². The summed E-state index contributed by atoms with van der Waals surface area (Å²) in [6.45, 7) is 0.826. The lowest BCUT2D eigenvalue weighted by atomic mass is 10.0. The van der Waals surface area contributed by atoms with Crippen molar-refractivity contribution in [2.45, 2.75) is 38.0 Å². The van der Waals surface area contributed by atoms with Gasteiger partial charge in [0, 0.05) is 37.8 Å². The summed E-state index contributed by atoms with van der Waals surface area (Å²) in [4.78, 5) is 40.3. The number of methoxy groups -OCH3 is 1. The van der Waals surface area contributed by atoms with Crippen molar-refractivity contribution < 1.29 is 33.0 Å². The molecule has 0 saturated carbocycles. The molecule has 1 saturated heterocycles. The Bertz CT molecular complexity index is 1450. The van der Waals surface area contributed by atoms with Crippen molar-refractivity contribution in [2.24, 2.45) is 0 Å². The number of amides is 3. The molecule has 0 radical (unpaired) electrons. The summed E-state index contributed by atoms with van der Waals surface area (Å²) in [5, 5.41) is 8.72. The minimum Gasteiger partial charge on any atom is -0.493 e. The van der Waals surface area contributed by atoms with Crippen LogP contribution in [-0.2, 0) is 27.3 Å². The maximum atomic E-state index is 14.5. The van der Waals surface area contributed by atoms with Gasteiger partial charge in [-0.05, 0) is 60.4 Å². The summed E-state index contributed by atoms with van der Waals surface area (Å²) in [6.07, 6.45) is 0.628. The number of benzene rings is 3. The molecule has 2 aliphatic heterocycles. The molecule has 226 valence electrons. The highest BCUT2D eigenvalue weighted by Crippen LogP contribution is 2.29. The van der Waals surface area contributed by atoms with Gasteiger partial charge in [0.1, 0.15) is 17.7 Å². The lowest BCUT2D eigenvalue weighted by molar-refractivity contribution is -0.125. The van der Waals surface area contributed by atoms with E-state index in [1.807, 2.05) is 41.3 Å². The third-order valence-corrected chi connectivity index (χ3v) is 7.34. The number of nitrogens with zero attached hydrogens (tertiary/aromatic N) is 1. The van der Waals surface area contributed by atoms with Crippen LogP contribution in [-0.4, -0.2) is 68.1 Å². The molecule has 5 rings (SSSR count). The van der Waals surface area contributed by atoms with E-state index in [4.69, 9.17) is 14.2 Å². The van der Waals surface area contributed by atoms with E-state index in [2.05, 4.69) is 16.0 Å². The van der Waals surface area contributed by atoms with Gasteiger partial charge < -0.3 is 30.2 Å². The molecule has 0 aromatic heterocycles. The largest absolute Gasteiger partial charge is 0.493 e. The van der Waals surface area contributed by atoms with E-state index >= 15 is 0 Å². The van der Waals surface area contributed by atoms with E-state index in [0.29, 0.717) is 54.4 Å². The molecule has 1 fully saturated rings. The van der Waals surface area contributed by atoms with Gasteiger partial charge in [0.15, 0.2) is 18.1 Å². The first-order chi connectivity index (χ1) is 20.8. The minimum atomic E-state index is -0.520. The predicted octanol–water partition coefficient (Wildman–Crippen LogP) is 3.05. The number of hydrogen-bond acceptors (Lipinski definition) is 7. The van der Waals surface area contributed by atoms with Crippen molar-refractivity contribution in [3.63, 3.8) is 0 Å². The van der Waals surface area contributed by atoms with Gasteiger partial charge in [0.05, 0.1) is 19.7 Å². The second kappa shape index (κ2) is 14.0. The number of rotatable bonds is 4. The number of carbonyl (C=O) groups excluding carboxylic acids is 3. The molecule has 0 spiro atoms. The number of anilines is 1. The SMILES string of the molecule is COc1ccc2cc1OCC(=O)N[C@@H]1CN(CC(=O)Nc3ccccc3)CC[C@H]1Oc1cc(F)cc(c1)CNC(=O)CC2. The fourth-order valence-corrected chi connectivity index (χ4v) is 5.24. The summed E-state index contributed by atoms with van der Waals surface area (Å²) in [5.41, 5.74) is 2.09. The first-order valence-corrected chi connectivity index (χ1v) is 14.2. The van der Waals surface area contributed by atoms with Crippen LogP contribution in [0, 0.1) is 5.82 Å². The Morgan fingerprint density at radius 3 is 2.70 bits per heavy atom. The van der Waals surface area contributed by atoms with E-state index in [1.165, 1.54) is 19.2 Å². The Labute approximate surface area is 249 Å². The normalized spacial score (nSPS) is 19.7. The van der Waals surface area contributed by atoms with E-state index < -0.39 is 18.0 Å². The van der Waals surface area contributed by atoms with Crippen LogP contribution in [0.4, 0.5) is 10.1 Å². The summed E-state index contributed by atoms with van der Waals surface area (Å²) in [5.74, 6) is -0.101. The van der Waals surface area contributed by atoms with Gasteiger partial charge in [-0.1, -0.05) is 24.3 Å². The van der Waals surface area contributed by atoms with Crippen molar-refractivity contribution >= 4 is 23.4 Å². The number of fused-ring (bicyclic) bond motifs is 5. The van der Waals surface area contributed by atoms with Crippen molar-refractivity contribution in [3.8, 4) is 17.2 Å². The molecule has 11 heteroatoms. The second-order valence-electron chi connectivity index (χ2n) is 10.6. The zero-order valence-electron chi connectivity index (χ0n) is 23.9. The zero-order valence-corrected chi connectivity index (χ0v) is 23.9. The van der Waals surface area contributed by atoms with Crippen molar-refractivity contribution in [3.05, 3.63) is 83.7 Å². The van der Waals surface area contributed by atoms with Gasteiger partial charge in [0.25, 0.3) is 5.91 Å². The minimum absolute atomic E-state index is 0.123. The number of aryl methyl sites for hydroxylation is 1.